The zero-order valence-corrected chi connectivity index (χ0v) is 64.0. The van der Waals surface area contributed by atoms with E-state index in [1.54, 1.807) is 55.1 Å². The Morgan fingerprint density at radius 1 is 0.616 bits per heavy atom. The van der Waals surface area contributed by atoms with Crippen LogP contribution in [0.25, 0.3) is 11.1 Å². The van der Waals surface area contributed by atoms with Gasteiger partial charge in [0.15, 0.2) is 29.2 Å². The largest absolute Gasteiger partial charge is 0.493 e. The summed E-state index contributed by atoms with van der Waals surface area (Å²) in [6, 6.07) is 33.8. The van der Waals surface area contributed by atoms with Gasteiger partial charge in [-0.05, 0) is 126 Å². The molecule has 5 atom stereocenters. The van der Waals surface area contributed by atoms with E-state index in [0.717, 1.165) is 57.5 Å². The van der Waals surface area contributed by atoms with Gasteiger partial charge in [-0.15, -0.1) is 0 Å². The number of carbonyl (C=O) groups is 8. The van der Waals surface area contributed by atoms with Crippen LogP contribution in [0, 0.1) is 11.3 Å². The summed E-state index contributed by atoms with van der Waals surface area (Å²) in [4.78, 5) is 116. The van der Waals surface area contributed by atoms with Gasteiger partial charge in [0, 0.05) is 56.3 Å². The molecule has 112 heavy (non-hydrogen) atoms. The van der Waals surface area contributed by atoms with Crippen LogP contribution in [0.5, 0.6) is 23.0 Å². The first-order valence-corrected chi connectivity index (χ1v) is 38.3. The van der Waals surface area contributed by atoms with E-state index in [9.17, 15) is 43.5 Å². The molecule has 5 N–H and O–H groups in total. The van der Waals surface area contributed by atoms with Gasteiger partial charge in [0.25, 0.3) is 11.8 Å². The molecule has 28 nitrogen and oxygen atoms in total. The van der Waals surface area contributed by atoms with Gasteiger partial charge in [0.1, 0.15) is 31.9 Å². The Bertz CT molecular complexity index is 4320. The molecule has 0 unspecified atom stereocenters. The molecule has 2 fully saturated rings. The van der Waals surface area contributed by atoms with E-state index in [0.29, 0.717) is 92.8 Å². The number of fused-ring (bicyclic) bond motifs is 8. The van der Waals surface area contributed by atoms with Crippen LogP contribution in [-0.2, 0) is 67.1 Å². The molecular formula is C84H100N8O20. The number of carbonyl (C=O) groups excluding carboxylic acids is 8. The van der Waals surface area contributed by atoms with E-state index in [2.05, 4.69) is 52.1 Å². The van der Waals surface area contributed by atoms with Gasteiger partial charge in [0.2, 0.25) is 17.7 Å². The fraction of sp³-hybridized carbons (Fsp3) is 0.452. The lowest BCUT2D eigenvalue weighted by atomic mass is 9.93. The number of rotatable bonds is 37. The van der Waals surface area contributed by atoms with Gasteiger partial charge in [0.05, 0.1) is 115 Å². The number of alkyl carbamates (subject to hydrolysis) is 1. The molecule has 6 aromatic carbocycles. The minimum Gasteiger partial charge on any atom is -0.493 e. The Morgan fingerprint density at radius 3 is 1.83 bits per heavy atom. The van der Waals surface area contributed by atoms with E-state index in [-0.39, 0.29) is 137 Å². The van der Waals surface area contributed by atoms with Gasteiger partial charge in [-0.2, -0.15) is 0 Å². The highest BCUT2D eigenvalue weighted by Crippen LogP contribution is 2.56. The molecule has 0 radical (unpaired) electrons. The summed E-state index contributed by atoms with van der Waals surface area (Å²) in [5.41, 5.74) is 8.28. The Kier molecular flexibility index (Phi) is 27.4. The number of nitrogens with zero attached hydrogens (tertiary/aromatic N) is 4. The van der Waals surface area contributed by atoms with Gasteiger partial charge in [-0.25, -0.2) is 19.3 Å². The van der Waals surface area contributed by atoms with Gasteiger partial charge >= 0.3 is 18.3 Å². The first kappa shape index (κ1) is 80.7. The molecule has 1 saturated carbocycles. The van der Waals surface area contributed by atoms with Crippen LogP contribution < -0.4 is 50.0 Å². The summed E-state index contributed by atoms with van der Waals surface area (Å²) in [7, 11) is 2.94. The third kappa shape index (κ3) is 19.6. The monoisotopic (exact) mass is 1540 g/mol. The topological polar surface area (TPSA) is 319 Å². The molecule has 0 bridgehead atoms. The van der Waals surface area contributed by atoms with Crippen molar-refractivity contribution in [3.05, 3.63) is 173 Å². The van der Waals surface area contributed by atoms with Crippen molar-refractivity contribution in [2.75, 3.05) is 128 Å². The van der Waals surface area contributed by atoms with Crippen molar-refractivity contribution in [2.45, 2.75) is 122 Å². The Morgan fingerprint density at radius 2 is 1.21 bits per heavy atom. The maximum Gasteiger partial charge on any atom is 0.416 e. The highest BCUT2D eigenvalue weighted by atomic mass is 16.6. The van der Waals surface area contributed by atoms with E-state index in [4.69, 9.17) is 52.1 Å². The molecule has 6 aliphatic rings. The minimum atomic E-state index is -1.58. The average Bonchev–Trinajstić information content (AvgIpc) is 1.58. The summed E-state index contributed by atoms with van der Waals surface area (Å²) >= 11 is 0. The fourth-order valence-electron chi connectivity index (χ4n) is 14.9. The molecule has 596 valence electrons. The quantitative estimate of drug-likeness (QED) is 0.0137. The Labute approximate surface area is 651 Å². The number of amides is 8. The van der Waals surface area contributed by atoms with Crippen molar-refractivity contribution in [2.24, 2.45) is 11.3 Å². The van der Waals surface area contributed by atoms with E-state index >= 15 is 0 Å². The molecule has 4 aliphatic heterocycles. The third-order valence-corrected chi connectivity index (χ3v) is 21.1. The van der Waals surface area contributed by atoms with E-state index < -0.39 is 66.3 Å². The second-order valence-corrected chi connectivity index (χ2v) is 29.0. The highest BCUT2D eigenvalue weighted by Gasteiger charge is 2.55. The number of benzene rings is 6. The number of hydrogen-bond donors (Lipinski definition) is 5. The number of anilines is 3. The van der Waals surface area contributed by atoms with Crippen LogP contribution in [0.1, 0.15) is 120 Å². The zero-order valence-electron chi connectivity index (χ0n) is 64.0. The predicted molar refractivity (Wildman–Crippen MR) is 414 cm³/mol. The number of hydrogen-bond acceptors (Lipinski definition) is 20. The second-order valence-electron chi connectivity index (χ2n) is 29.0. The average molecular weight is 1540 g/mol. The number of unbranched alkanes of at least 4 members (excludes halogenated alkanes) is 2. The summed E-state index contributed by atoms with van der Waals surface area (Å²) in [6.07, 6.45) is 2.77. The van der Waals surface area contributed by atoms with E-state index in [1.807, 2.05) is 53.4 Å². The van der Waals surface area contributed by atoms with Crippen LogP contribution in [-0.4, -0.2) is 206 Å². The summed E-state index contributed by atoms with van der Waals surface area (Å²) in [5, 5.41) is 23.4. The normalized spacial score (nSPS) is 17.4. The molecule has 6 aromatic rings. The summed E-state index contributed by atoms with van der Waals surface area (Å²) < 4.78 is 63.5. The molecular weight excluding hydrogens is 1440 g/mol. The van der Waals surface area contributed by atoms with Crippen LogP contribution in [0.3, 0.4) is 0 Å². The highest BCUT2D eigenvalue weighted by molar-refractivity contribution is 6.07. The van der Waals surface area contributed by atoms with Gasteiger partial charge < -0.3 is 88.3 Å². The number of aliphatic hydroxyl groups excluding tert-OH is 1. The predicted octanol–water partition coefficient (Wildman–Crippen LogP) is 10.1. The number of aliphatic hydroxyl groups is 1. The molecule has 28 heteroatoms. The second kappa shape index (κ2) is 38.0. The van der Waals surface area contributed by atoms with Crippen LogP contribution in [0.15, 0.2) is 134 Å². The lowest BCUT2D eigenvalue weighted by Crippen LogP contribution is -2.55. The maximum atomic E-state index is 14.8. The SMILES string of the molecule is C=CCOC(=O)N1C[C@@H]2CC3(CC3)CN2C(=O)c2cc(OC)c(OCCCCCOc3cc4c(cc3OC)C(=O)N3Cc5ccccc5C[C@H]3[C@H](O)N4C(=O)OCc3ccc(NC(=O)[C@H](C)NC(=O)[C@@H](NC(=O)CCOCCOCCOCCOCCNC(=O)OCC4c5ccccc5-c5ccccc54)C(C)C)cc3)cc21. The number of ether oxygens (including phenoxy) is 11. The Balaban J connectivity index is 0.558. The first-order valence-electron chi connectivity index (χ1n) is 38.3. The van der Waals surface area contributed by atoms with Crippen molar-refractivity contribution in [3.63, 3.8) is 0 Å². The molecule has 0 aromatic heterocycles. The number of methoxy groups -OCH3 is 2. The molecule has 12 rings (SSSR count). The Hall–Kier alpha value is -10.8. The maximum absolute atomic E-state index is 14.8. The van der Waals surface area contributed by atoms with Gasteiger partial charge in [-0.3, -0.25) is 28.9 Å². The molecule has 1 saturated heterocycles. The van der Waals surface area contributed by atoms with Gasteiger partial charge in [-0.1, -0.05) is 111 Å². The lowest BCUT2D eigenvalue weighted by Gasteiger charge is -2.39. The summed E-state index contributed by atoms with van der Waals surface area (Å²) in [5.74, 6) is -1.31. The lowest BCUT2D eigenvalue weighted by molar-refractivity contribution is -0.132. The molecule has 4 heterocycles. The van der Waals surface area contributed by atoms with Crippen molar-refractivity contribution in [1.82, 2.24) is 25.8 Å². The van der Waals surface area contributed by atoms with Crippen molar-refractivity contribution in [3.8, 4) is 34.1 Å². The van der Waals surface area contributed by atoms with E-state index in [1.165, 1.54) is 44.3 Å². The summed E-state index contributed by atoms with van der Waals surface area (Å²) in [6.45, 7) is 12.7. The first-order chi connectivity index (χ1) is 54.4. The zero-order chi connectivity index (χ0) is 78.8. The van der Waals surface area contributed by atoms with Crippen molar-refractivity contribution in [1.29, 1.82) is 0 Å². The van der Waals surface area contributed by atoms with Crippen LogP contribution in [0.4, 0.5) is 31.4 Å². The minimum absolute atomic E-state index is 0.00885. The smallest absolute Gasteiger partial charge is 0.416 e. The van der Waals surface area contributed by atoms with Crippen molar-refractivity contribution < 1.29 is 95.6 Å². The number of nitrogens with one attached hydrogen (secondary N) is 4. The van der Waals surface area contributed by atoms with Crippen LogP contribution in [0.2, 0.25) is 0 Å². The molecule has 2 aliphatic carbocycles. The fourth-order valence-corrected chi connectivity index (χ4v) is 14.9. The van der Waals surface area contributed by atoms with Crippen LogP contribution >= 0.6 is 0 Å². The third-order valence-electron chi connectivity index (χ3n) is 21.1. The van der Waals surface area contributed by atoms with Crippen molar-refractivity contribution >= 4 is 64.9 Å². The standard InChI is InChI=1S/C84H100N8O20/c1-7-31-110-82(100)90-49-59-47-84(28-29-84)52-91(59)79(97)64-43-70(102-5)72(45-67(64)90)108-32-15-8-16-33-109-73-46-68-65(44-71(73)103-6)78(96)89-48-57-18-10-9-17-56(57)42-69(89)80(98)92(68)83(101)112-50-55-23-25-58(26-24-55)87-76(94)54(4)86-77(95)75(53(2)3)88-74(93)27-34-104-36-38-106-40-41-107-39-37-105-35-30-85-81(99)111-51-66-62-21-13-11-19-60(62)61-20-12-14-22-63(61)66/h7,9-14,17-26,43-46,53-54,59,66,69,75,80,98H,1,8,15-16,27-42,47-52H2,2-6H3,(H,85,99)(H,86,95)(H,87,94)(H,88,93)/t54-,59-,69-,75-,80-/m0/s1. The molecule has 1 spiro atoms. The molecule has 8 amide bonds.